The summed E-state index contributed by atoms with van der Waals surface area (Å²) in [5.41, 5.74) is 0.584. The predicted molar refractivity (Wildman–Crippen MR) is 60.2 cm³/mol. The number of hydrogen-bond donors (Lipinski definition) is 1. The van der Waals surface area contributed by atoms with Crippen LogP contribution in [0.3, 0.4) is 0 Å². The Morgan fingerprint density at radius 3 is 2.73 bits per heavy atom. The van der Waals surface area contributed by atoms with Gasteiger partial charge in [-0.2, -0.15) is 0 Å². The molecule has 1 rings (SSSR count). The maximum Gasteiger partial charge on any atom is 0.255 e. The summed E-state index contributed by atoms with van der Waals surface area (Å²) in [6.07, 6.45) is 0.918. The number of amides is 1. The molecule has 1 amide bonds. The van der Waals surface area contributed by atoms with E-state index in [1.165, 1.54) is 0 Å². The summed E-state index contributed by atoms with van der Waals surface area (Å²) in [5, 5.41) is 2.90. The summed E-state index contributed by atoms with van der Waals surface area (Å²) in [5.74, 6) is 0.528. The summed E-state index contributed by atoms with van der Waals surface area (Å²) in [6.45, 7) is 4.01. The van der Waals surface area contributed by atoms with E-state index in [0.717, 1.165) is 6.42 Å². The molecule has 0 aliphatic heterocycles. The van der Waals surface area contributed by atoms with Gasteiger partial charge in [-0.1, -0.05) is 19.1 Å². The number of hydrogen-bond acceptors (Lipinski definition) is 2. The van der Waals surface area contributed by atoms with Gasteiger partial charge in [0.1, 0.15) is 5.75 Å². The van der Waals surface area contributed by atoms with E-state index in [-0.39, 0.29) is 11.9 Å². The van der Waals surface area contributed by atoms with Crippen LogP contribution in [0.4, 0.5) is 0 Å². The van der Waals surface area contributed by atoms with Crippen LogP contribution in [0, 0.1) is 0 Å². The predicted octanol–water partition coefficient (Wildman–Crippen LogP) is 2.22. The SMILES string of the molecule is CC[C@H](C)NC(=O)c1ccccc1OC. The maximum absolute atomic E-state index is 11.8. The van der Waals surface area contributed by atoms with E-state index in [2.05, 4.69) is 5.32 Å². The third kappa shape index (κ3) is 2.98. The van der Waals surface area contributed by atoms with Crippen LogP contribution in [0.2, 0.25) is 0 Å². The minimum atomic E-state index is -0.0817. The van der Waals surface area contributed by atoms with Gasteiger partial charge in [-0.05, 0) is 25.5 Å². The quantitative estimate of drug-likeness (QED) is 0.822. The fourth-order valence-corrected chi connectivity index (χ4v) is 1.24. The van der Waals surface area contributed by atoms with Crippen LogP contribution in [0.25, 0.3) is 0 Å². The molecule has 0 saturated heterocycles. The number of nitrogens with one attached hydrogen (secondary N) is 1. The van der Waals surface area contributed by atoms with Crippen molar-refractivity contribution >= 4 is 5.91 Å². The lowest BCUT2D eigenvalue weighted by Crippen LogP contribution is -2.32. The highest BCUT2D eigenvalue weighted by Crippen LogP contribution is 2.17. The van der Waals surface area contributed by atoms with Crippen molar-refractivity contribution in [2.24, 2.45) is 0 Å². The summed E-state index contributed by atoms with van der Waals surface area (Å²) in [4.78, 5) is 11.8. The van der Waals surface area contributed by atoms with Crippen molar-refractivity contribution in [3.8, 4) is 5.75 Å². The van der Waals surface area contributed by atoms with Crippen molar-refractivity contribution in [1.82, 2.24) is 5.32 Å². The highest BCUT2D eigenvalue weighted by molar-refractivity contribution is 5.97. The van der Waals surface area contributed by atoms with Crippen LogP contribution >= 0.6 is 0 Å². The van der Waals surface area contributed by atoms with Crippen molar-refractivity contribution < 1.29 is 9.53 Å². The summed E-state index contributed by atoms with van der Waals surface area (Å²) >= 11 is 0. The van der Waals surface area contributed by atoms with Crippen molar-refractivity contribution in [3.63, 3.8) is 0 Å². The van der Waals surface area contributed by atoms with Crippen LogP contribution in [0.1, 0.15) is 30.6 Å². The molecule has 82 valence electrons. The molecule has 0 aromatic heterocycles. The van der Waals surface area contributed by atoms with Gasteiger partial charge in [0.05, 0.1) is 12.7 Å². The fourth-order valence-electron chi connectivity index (χ4n) is 1.24. The standard InChI is InChI=1S/C12H17NO2/c1-4-9(2)13-12(14)10-7-5-6-8-11(10)15-3/h5-9H,4H2,1-3H3,(H,13,14)/t9-/m0/s1. The van der Waals surface area contributed by atoms with E-state index in [9.17, 15) is 4.79 Å². The van der Waals surface area contributed by atoms with Gasteiger partial charge in [-0.25, -0.2) is 0 Å². The summed E-state index contributed by atoms with van der Waals surface area (Å²) in [7, 11) is 1.56. The molecule has 1 aromatic rings. The van der Waals surface area contributed by atoms with E-state index < -0.39 is 0 Å². The minimum absolute atomic E-state index is 0.0817. The molecule has 0 aliphatic carbocycles. The average molecular weight is 207 g/mol. The van der Waals surface area contributed by atoms with E-state index >= 15 is 0 Å². The number of rotatable bonds is 4. The Labute approximate surface area is 90.4 Å². The van der Waals surface area contributed by atoms with Gasteiger partial charge in [0.15, 0.2) is 0 Å². The van der Waals surface area contributed by atoms with Gasteiger partial charge < -0.3 is 10.1 Å². The van der Waals surface area contributed by atoms with Gasteiger partial charge in [-0.15, -0.1) is 0 Å². The smallest absolute Gasteiger partial charge is 0.255 e. The topological polar surface area (TPSA) is 38.3 Å². The Morgan fingerprint density at radius 2 is 2.13 bits per heavy atom. The van der Waals surface area contributed by atoms with E-state index in [0.29, 0.717) is 11.3 Å². The zero-order chi connectivity index (χ0) is 11.3. The van der Waals surface area contributed by atoms with Gasteiger partial charge in [-0.3, -0.25) is 4.79 Å². The molecule has 0 heterocycles. The van der Waals surface area contributed by atoms with Gasteiger partial charge in [0.25, 0.3) is 5.91 Å². The van der Waals surface area contributed by atoms with Crippen molar-refractivity contribution in [3.05, 3.63) is 29.8 Å². The molecule has 0 saturated carbocycles. The first kappa shape index (κ1) is 11.6. The first-order chi connectivity index (χ1) is 7.19. The molecule has 1 N–H and O–H groups in total. The zero-order valence-electron chi connectivity index (χ0n) is 9.41. The highest BCUT2D eigenvalue weighted by atomic mass is 16.5. The van der Waals surface area contributed by atoms with E-state index in [1.807, 2.05) is 26.0 Å². The molecule has 0 spiro atoms. The molecule has 0 bridgehead atoms. The Balaban J connectivity index is 2.81. The first-order valence-electron chi connectivity index (χ1n) is 5.13. The second kappa shape index (κ2) is 5.39. The van der Waals surface area contributed by atoms with Crippen LogP contribution in [0.15, 0.2) is 24.3 Å². The maximum atomic E-state index is 11.8. The lowest BCUT2D eigenvalue weighted by Gasteiger charge is -2.13. The van der Waals surface area contributed by atoms with Crippen LogP contribution in [0.5, 0.6) is 5.75 Å². The molecular weight excluding hydrogens is 190 g/mol. The second-order valence-electron chi connectivity index (χ2n) is 3.48. The Bertz CT molecular complexity index is 336. The number of carbonyl (C=O) groups is 1. The number of carbonyl (C=O) groups excluding carboxylic acids is 1. The van der Waals surface area contributed by atoms with E-state index in [4.69, 9.17) is 4.74 Å². The molecule has 0 unspecified atom stereocenters. The first-order valence-corrected chi connectivity index (χ1v) is 5.13. The molecular formula is C12H17NO2. The fraction of sp³-hybridized carbons (Fsp3) is 0.417. The lowest BCUT2D eigenvalue weighted by molar-refractivity contribution is 0.0936. The molecule has 1 atom stereocenters. The van der Waals surface area contributed by atoms with Crippen molar-refractivity contribution in [2.45, 2.75) is 26.3 Å². The summed E-state index contributed by atoms with van der Waals surface area (Å²) < 4.78 is 5.12. The second-order valence-corrected chi connectivity index (χ2v) is 3.48. The van der Waals surface area contributed by atoms with Gasteiger partial charge in [0.2, 0.25) is 0 Å². The third-order valence-corrected chi connectivity index (χ3v) is 2.34. The summed E-state index contributed by atoms with van der Waals surface area (Å²) in [6, 6.07) is 7.40. The lowest BCUT2D eigenvalue weighted by atomic mass is 10.1. The monoisotopic (exact) mass is 207 g/mol. The Kier molecular flexibility index (Phi) is 4.16. The average Bonchev–Trinajstić information content (AvgIpc) is 2.28. The molecule has 15 heavy (non-hydrogen) atoms. The van der Waals surface area contributed by atoms with Crippen molar-refractivity contribution in [1.29, 1.82) is 0 Å². The van der Waals surface area contributed by atoms with Gasteiger partial charge >= 0.3 is 0 Å². The normalized spacial score (nSPS) is 11.9. The molecule has 0 aliphatic rings. The van der Waals surface area contributed by atoms with Crippen LogP contribution < -0.4 is 10.1 Å². The number of methoxy groups -OCH3 is 1. The molecule has 0 radical (unpaired) electrons. The largest absolute Gasteiger partial charge is 0.496 e. The molecule has 0 fully saturated rings. The number of ether oxygens (including phenoxy) is 1. The molecule has 3 nitrogen and oxygen atoms in total. The Morgan fingerprint density at radius 1 is 1.47 bits per heavy atom. The number of para-hydroxylation sites is 1. The highest BCUT2D eigenvalue weighted by Gasteiger charge is 2.12. The molecule has 3 heteroatoms. The number of benzene rings is 1. The zero-order valence-corrected chi connectivity index (χ0v) is 9.41. The molecule has 1 aromatic carbocycles. The van der Waals surface area contributed by atoms with Gasteiger partial charge in [0, 0.05) is 6.04 Å². The van der Waals surface area contributed by atoms with Crippen LogP contribution in [-0.2, 0) is 0 Å². The third-order valence-electron chi connectivity index (χ3n) is 2.34. The van der Waals surface area contributed by atoms with E-state index in [1.54, 1.807) is 19.2 Å². The Hall–Kier alpha value is -1.51. The minimum Gasteiger partial charge on any atom is -0.496 e. The van der Waals surface area contributed by atoms with Crippen LogP contribution in [-0.4, -0.2) is 19.1 Å². The van der Waals surface area contributed by atoms with Crippen molar-refractivity contribution in [2.75, 3.05) is 7.11 Å².